The third kappa shape index (κ3) is 3.12. The largest absolute Gasteiger partial charge is 0.408 e. The Kier molecular flexibility index (Phi) is 4.48. The smallest absolute Gasteiger partial charge is 0.318 e. The average Bonchev–Trinajstić information content (AvgIpc) is 3.30. The van der Waals surface area contributed by atoms with Crippen molar-refractivity contribution in [3.8, 4) is 0 Å². The van der Waals surface area contributed by atoms with Crippen LogP contribution in [-0.2, 0) is 22.9 Å². The van der Waals surface area contributed by atoms with Gasteiger partial charge in [-0.05, 0) is 42.5 Å². The van der Waals surface area contributed by atoms with E-state index < -0.39 is 10.0 Å². The van der Waals surface area contributed by atoms with Crippen LogP contribution in [0.2, 0.25) is 0 Å². The molecule has 1 saturated heterocycles. The van der Waals surface area contributed by atoms with E-state index in [0.717, 1.165) is 19.3 Å². The van der Waals surface area contributed by atoms with Gasteiger partial charge in [0.2, 0.25) is 15.9 Å². The molecule has 1 aliphatic heterocycles. The monoisotopic (exact) mass is 376 g/mol. The summed E-state index contributed by atoms with van der Waals surface area (Å²) in [6.07, 6.45) is 3.14. The minimum atomic E-state index is -3.46. The summed E-state index contributed by atoms with van der Waals surface area (Å²) in [5.74, 6) is 0.783. The molecule has 1 aromatic heterocycles. The SMILES string of the molecule is CC(C)c1nnc(N2CCN(S(=O)(=O)c3ccc4c(c3)CCC4)CC2)o1. The van der Waals surface area contributed by atoms with Crippen LogP contribution in [0.25, 0.3) is 0 Å². The lowest BCUT2D eigenvalue weighted by molar-refractivity contribution is 0.367. The second-order valence-corrected chi connectivity index (χ2v) is 9.19. The molecule has 2 heterocycles. The lowest BCUT2D eigenvalue weighted by Gasteiger charge is -2.32. The number of rotatable bonds is 4. The highest BCUT2D eigenvalue weighted by molar-refractivity contribution is 7.89. The number of fused-ring (bicyclic) bond motifs is 1. The summed E-state index contributed by atoms with van der Waals surface area (Å²) in [7, 11) is -3.46. The normalized spacial score (nSPS) is 18.5. The van der Waals surface area contributed by atoms with Crippen molar-refractivity contribution in [1.29, 1.82) is 0 Å². The molecule has 2 aromatic rings. The van der Waals surface area contributed by atoms with Gasteiger partial charge in [0.1, 0.15) is 0 Å². The molecule has 0 radical (unpaired) electrons. The Morgan fingerprint density at radius 1 is 1.04 bits per heavy atom. The summed E-state index contributed by atoms with van der Waals surface area (Å²) in [6.45, 7) is 5.92. The number of anilines is 1. The highest BCUT2D eigenvalue weighted by Crippen LogP contribution is 2.27. The van der Waals surface area contributed by atoms with Crippen LogP contribution in [0.5, 0.6) is 0 Å². The summed E-state index contributed by atoms with van der Waals surface area (Å²) in [6, 6.07) is 6.05. The first-order valence-corrected chi connectivity index (χ1v) is 10.6. The van der Waals surface area contributed by atoms with Gasteiger partial charge < -0.3 is 9.32 Å². The van der Waals surface area contributed by atoms with Crippen molar-refractivity contribution in [3.05, 3.63) is 35.2 Å². The molecule has 0 bridgehead atoms. The van der Waals surface area contributed by atoms with Crippen LogP contribution in [0.3, 0.4) is 0 Å². The van der Waals surface area contributed by atoms with Crippen LogP contribution >= 0.6 is 0 Å². The third-order valence-electron chi connectivity index (χ3n) is 5.14. The third-order valence-corrected chi connectivity index (χ3v) is 7.04. The van der Waals surface area contributed by atoms with Gasteiger partial charge in [-0.1, -0.05) is 25.0 Å². The van der Waals surface area contributed by atoms with E-state index >= 15 is 0 Å². The van der Waals surface area contributed by atoms with Crippen molar-refractivity contribution in [2.45, 2.75) is 43.9 Å². The summed E-state index contributed by atoms with van der Waals surface area (Å²) in [5, 5.41) is 8.14. The summed E-state index contributed by atoms with van der Waals surface area (Å²) >= 11 is 0. The molecule has 0 saturated carbocycles. The van der Waals surface area contributed by atoms with Crippen LogP contribution < -0.4 is 4.90 Å². The minimum Gasteiger partial charge on any atom is -0.408 e. The van der Waals surface area contributed by atoms with Crippen molar-refractivity contribution >= 4 is 16.0 Å². The summed E-state index contributed by atoms with van der Waals surface area (Å²) < 4.78 is 33.2. The molecule has 0 N–H and O–H groups in total. The van der Waals surface area contributed by atoms with E-state index in [0.29, 0.717) is 43.0 Å². The molecule has 8 heteroatoms. The van der Waals surface area contributed by atoms with E-state index in [4.69, 9.17) is 4.42 Å². The molecule has 0 amide bonds. The maximum Gasteiger partial charge on any atom is 0.318 e. The molecule has 7 nitrogen and oxygen atoms in total. The number of aromatic nitrogens is 2. The first-order valence-electron chi connectivity index (χ1n) is 9.15. The topological polar surface area (TPSA) is 79.5 Å². The number of piperazine rings is 1. The average molecular weight is 376 g/mol. The van der Waals surface area contributed by atoms with Gasteiger partial charge in [0.05, 0.1) is 4.90 Å². The highest BCUT2D eigenvalue weighted by atomic mass is 32.2. The highest BCUT2D eigenvalue weighted by Gasteiger charge is 2.31. The zero-order valence-corrected chi connectivity index (χ0v) is 16.0. The lowest BCUT2D eigenvalue weighted by Crippen LogP contribution is -2.48. The molecule has 1 aromatic carbocycles. The standard InChI is InChI=1S/C18H24N4O3S/c1-13(2)17-19-20-18(25-17)21-8-10-22(11-9-21)26(23,24)16-7-6-14-4-3-5-15(14)12-16/h6-7,12-13H,3-5,8-11H2,1-2H3. The van der Waals surface area contributed by atoms with Crippen LogP contribution in [0.1, 0.15) is 43.2 Å². The van der Waals surface area contributed by atoms with Crippen LogP contribution in [0.15, 0.2) is 27.5 Å². The van der Waals surface area contributed by atoms with Gasteiger partial charge in [0.25, 0.3) is 0 Å². The second kappa shape index (κ2) is 6.66. The molecule has 4 rings (SSSR count). The predicted molar refractivity (Wildman–Crippen MR) is 97.8 cm³/mol. The van der Waals surface area contributed by atoms with Gasteiger partial charge in [-0.15, -0.1) is 5.10 Å². The Hall–Kier alpha value is -1.93. The fraction of sp³-hybridized carbons (Fsp3) is 0.556. The van der Waals surface area contributed by atoms with E-state index in [1.165, 1.54) is 11.1 Å². The van der Waals surface area contributed by atoms with Crippen molar-refractivity contribution in [3.63, 3.8) is 0 Å². The Bertz CT molecular complexity index is 899. The van der Waals surface area contributed by atoms with E-state index in [1.807, 2.05) is 30.9 Å². The van der Waals surface area contributed by atoms with Gasteiger partial charge in [-0.2, -0.15) is 4.31 Å². The summed E-state index contributed by atoms with van der Waals surface area (Å²) in [4.78, 5) is 2.36. The Morgan fingerprint density at radius 3 is 2.46 bits per heavy atom. The van der Waals surface area contributed by atoms with Crippen LogP contribution in [0.4, 0.5) is 6.01 Å². The minimum absolute atomic E-state index is 0.178. The van der Waals surface area contributed by atoms with Gasteiger partial charge in [-0.3, -0.25) is 0 Å². The van der Waals surface area contributed by atoms with Gasteiger partial charge in [-0.25, -0.2) is 8.42 Å². The number of benzene rings is 1. The molecule has 1 aliphatic carbocycles. The van der Waals surface area contributed by atoms with Gasteiger partial charge in [0, 0.05) is 32.1 Å². The van der Waals surface area contributed by atoms with E-state index in [2.05, 4.69) is 10.2 Å². The zero-order chi connectivity index (χ0) is 18.3. The first kappa shape index (κ1) is 17.5. The molecule has 0 spiro atoms. The van der Waals surface area contributed by atoms with E-state index in [9.17, 15) is 8.42 Å². The van der Waals surface area contributed by atoms with Crippen molar-refractivity contribution in [2.24, 2.45) is 0 Å². The Morgan fingerprint density at radius 2 is 1.77 bits per heavy atom. The van der Waals surface area contributed by atoms with Crippen LogP contribution in [0, 0.1) is 0 Å². The molecule has 140 valence electrons. The Balaban J connectivity index is 1.46. The lowest BCUT2D eigenvalue weighted by atomic mass is 10.1. The van der Waals surface area contributed by atoms with Gasteiger partial charge in [0.15, 0.2) is 0 Å². The molecule has 1 fully saturated rings. The van der Waals surface area contributed by atoms with E-state index in [1.54, 1.807) is 10.4 Å². The Labute approximate surface area is 154 Å². The molecule has 0 unspecified atom stereocenters. The molecule has 0 atom stereocenters. The fourth-order valence-corrected chi connectivity index (χ4v) is 5.04. The zero-order valence-electron chi connectivity index (χ0n) is 15.2. The molecular weight excluding hydrogens is 352 g/mol. The number of nitrogens with zero attached hydrogens (tertiary/aromatic N) is 4. The van der Waals surface area contributed by atoms with Crippen molar-refractivity contribution < 1.29 is 12.8 Å². The maximum atomic E-state index is 13.0. The van der Waals surface area contributed by atoms with Crippen molar-refractivity contribution in [1.82, 2.24) is 14.5 Å². The number of hydrogen-bond acceptors (Lipinski definition) is 6. The quantitative estimate of drug-likeness (QED) is 0.814. The first-order chi connectivity index (χ1) is 12.4. The molecule has 26 heavy (non-hydrogen) atoms. The maximum absolute atomic E-state index is 13.0. The second-order valence-electron chi connectivity index (χ2n) is 7.25. The van der Waals surface area contributed by atoms with E-state index in [-0.39, 0.29) is 5.92 Å². The van der Waals surface area contributed by atoms with Crippen LogP contribution in [-0.4, -0.2) is 49.1 Å². The molecular formula is C18H24N4O3S. The number of sulfonamides is 1. The molecule has 2 aliphatic rings. The summed E-state index contributed by atoms with van der Waals surface area (Å²) in [5.41, 5.74) is 2.46. The number of hydrogen-bond donors (Lipinski definition) is 0. The number of aryl methyl sites for hydroxylation is 2. The van der Waals surface area contributed by atoms with Crippen molar-refractivity contribution in [2.75, 3.05) is 31.1 Å². The predicted octanol–water partition coefficient (Wildman–Crippen LogP) is 2.19. The van der Waals surface area contributed by atoms with Gasteiger partial charge >= 0.3 is 6.01 Å². The fourth-order valence-electron chi connectivity index (χ4n) is 3.56.